The van der Waals surface area contributed by atoms with Crippen molar-refractivity contribution in [2.75, 3.05) is 5.32 Å². The van der Waals surface area contributed by atoms with Crippen molar-refractivity contribution in [3.63, 3.8) is 0 Å². The maximum atomic E-state index is 10.8. The van der Waals surface area contributed by atoms with Crippen molar-refractivity contribution in [3.8, 4) is 22.5 Å². The van der Waals surface area contributed by atoms with E-state index in [1.54, 1.807) is 12.1 Å². The van der Waals surface area contributed by atoms with Gasteiger partial charge in [-0.15, -0.1) is 0 Å². The number of carbonyl (C=O) groups excluding carboxylic acids is 1. The molecule has 0 aliphatic heterocycles. The molecule has 0 atom stereocenters. The van der Waals surface area contributed by atoms with Gasteiger partial charge in [-0.25, -0.2) is 4.79 Å². The van der Waals surface area contributed by atoms with Gasteiger partial charge in [-0.1, -0.05) is 42.5 Å². The topological polar surface area (TPSA) is 83.8 Å². The second-order valence-corrected chi connectivity index (χ2v) is 4.60. The molecule has 0 aliphatic carbocycles. The van der Waals surface area contributed by atoms with Gasteiger partial charge in [-0.05, 0) is 23.8 Å². The van der Waals surface area contributed by atoms with E-state index in [9.17, 15) is 4.79 Å². The molecule has 104 valence electrons. The molecule has 0 unspecified atom stereocenters. The van der Waals surface area contributed by atoms with Gasteiger partial charge in [0.25, 0.3) is 0 Å². The van der Waals surface area contributed by atoms with Gasteiger partial charge in [0.05, 0.1) is 11.4 Å². The summed E-state index contributed by atoms with van der Waals surface area (Å²) in [6.45, 7) is 0. The number of anilines is 1. The van der Waals surface area contributed by atoms with Crippen LogP contribution >= 0.6 is 0 Å². The number of nitrogens with zero attached hydrogens (tertiary/aromatic N) is 1. The zero-order valence-corrected chi connectivity index (χ0v) is 11.2. The summed E-state index contributed by atoms with van der Waals surface area (Å²) in [6.07, 6.45) is 0. The van der Waals surface area contributed by atoms with E-state index in [0.29, 0.717) is 5.69 Å². The molecule has 0 aliphatic rings. The van der Waals surface area contributed by atoms with Gasteiger partial charge >= 0.3 is 6.03 Å². The molecule has 0 saturated heterocycles. The Kier molecular flexibility index (Phi) is 3.39. The molecular formula is C16H14N4O. The second kappa shape index (κ2) is 5.50. The predicted octanol–water partition coefficient (Wildman–Crippen LogP) is 3.23. The maximum Gasteiger partial charge on any atom is 0.316 e. The van der Waals surface area contributed by atoms with Crippen LogP contribution in [0.1, 0.15) is 0 Å². The fourth-order valence-electron chi connectivity index (χ4n) is 2.10. The fourth-order valence-corrected chi connectivity index (χ4v) is 2.10. The lowest BCUT2D eigenvalue weighted by atomic mass is 10.1. The molecule has 3 rings (SSSR count). The number of aromatic nitrogens is 2. The lowest BCUT2D eigenvalue weighted by Gasteiger charge is -2.02. The number of nitrogens with two attached hydrogens (primary N) is 1. The van der Waals surface area contributed by atoms with Gasteiger partial charge < -0.3 is 11.1 Å². The molecule has 1 aromatic heterocycles. The Bertz CT molecular complexity index is 747. The average molecular weight is 278 g/mol. The highest BCUT2D eigenvalue weighted by Gasteiger charge is 2.05. The Morgan fingerprint density at radius 3 is 2.38 bits per heavy atom. The van der Waals surface area contributed by atoms with Gasteiger partial charge in [0.1, 0.15) is 0 Å². The molecule has 0 spiro atoms. The van der Waals surface area contributed by atoms with Crippen LogP contribution in [-0.2, 0) is 0 Å². The number of carbonyl (C=O) groups is 1. The number of hydrogen-bond donors (Lipinski definition) is 3. The minimum atomic E-state index is -0.573. The first-order valence-corrected chi connectivity index (χ1v) is 6.50. The molecular weight excluding hydrogens is 264 g/mol. The third-order valence-electron chi connectivity index (χ3n) is 3.11. The molecule has 21 heavy (non-hydrogen) atoms. The number of primary amides is 1. The van der Waals surface area contributed by atoms with Gasteiger partial charge in [-0.2, -0.15) is 5.10 Å². The van der Waals surface area contributed by atoms with E-state index in [-0.39, 0.29) is 0 Å². The number of benzene rings is 2. The highest BCUT2D eigenvalue weighted by molar-refractivity contribution is 5.88. The molecule has 1 heterocycles. The van der Waals surface area contributed by atoms with Crippen LogP contribution in [0.3, 0.4) is 0 Å². The van der Waals surface area contributed by atoms with E-state index in [0.717, 1.165) is 22.5 Å². The number of hydrogen-bond acceptors (Lipinski definition) is 2. The predicted molar refractivity (Wildman–Crippen MR) is 82.7 cm³/mol. The summed E-state index contributed by atoms with van der Waals surface area (Å²) in [6, 6.07) is 18.8. The Morgan fingerprint density at radius 1 is 1.00 bits per heavy atom. The van der Waals surface area contributed by atoms with Crippen molar-refractivity contribution in [1.82, 2.24) is 10.2 Å². The highest BCUT2D eigenvalue weighted by Crippen LogP contribution is 2.24. The summed E-state index contributed by atoms with van der Waals surface area (Å²) in [5.74, 6) is 0. The van der Waals surface area contributed by atoms with Crippen LogP contribution in [0.2, 0.25) is 0 Å². The van der Waals surface area contributed by atoms with Crippen LogP contribution in [0, 0.1) is 0 Å². The van der Waals surface area contributed by atoms with E-state index in [1.807, 2.05) is 48.5 Å². The van der Waals surface area contributed by atoms with E-state index < -0.39 is 6.03 Å². The molecule has 0 bridgehead atoms. The minimum absolute atomic E-state index is 0.573. The quantitative estimate of drug-likeness (QED) is 0.687. The zero-order chi connectivity index (χ0) is 14.7. The van der Waals surface area contributed by atoms with Crippen LogP contribution in [0.25, 0.3) is 22.5 Å². The maximum absolute atomic E-state index is 10.8. The molecule has 4 N–H and O–H groups in total. The summed E-state index contributed by atoms with van der Waals surface area (Å²) in [5.41, 5.74) is 9.59. The first-order valence-electron chi connectivity index (χ1n) is 6.50. The fraction of sp³-hybridized carbons (Fsp3) is 0. The standard InChI is InChI=1S/C16H14N4O/c17-16(21)18-13-8-6-12(7-9-13)15-10-14(19-20-15)11-4-2-1-3-5-11/h1-10H,(H,19,20)(H3,17,18,21). The lowest BCUT2D eigenvalue weighted by molar-refractivity contribution is 0.259. The summed E-state index contributed by atoms with van der Waals surface area (Å²) < 4.78 is 0. The van der Waals surface area contributed by atoms with Crippen LogP contribution in [0.4, 0.5) is 10.5 Å². The van der Waals surface area contributed by atoms with E-state index >= 15 is 0 Å². The SMILES string of the molecule is NC(=O)Nc1ccc(-c2cc(-c3ccccc3)n[nH]2)cc1. The van der Waals surface area contributed by atoms with Gasteiger partial charge in [-0.3, -0.25) is 5.10 Å². The molecule has 0 radical (unpaired) electrons. The minimum Gasteiger partial charge on any atom is -0.351 e. The van der Waals surface area contributed by atoms with E-state index in [4.69, 9.17) is 5.73 Å². The molecule has 5 heteroatoms. The summed E-state index contributed by atoms with van der Waals surface area (Å²) in [5, 5.41) is 9.87. The van der Waals surface area contributed by atoms with Gasteiger partial charge in [0.15, 0.2) is 0 Å². The Hall–Kier alpha value is -3.08. The number of aromatic amines is 1. The normalized spacial score (nSPS) is 10.3. The summed E-state index contributed by atoms with van der Waals surface area (Å²) in [4.78, 5) is 10.8. The summed E-state index contributed by atoms with van der Waals surface area (Å²) >= 11 is 0. The van der Waals surface area contributed by atoms with E-state index in [2.05, 4.69) is 15.5 Å². The number of amides is 2. The number of nitrogens with one attached hydrogen (secondary N) is 2. The van der Waals surface area contributed by atoms with Crippen LogP contribution in [0.5, 0.6) is 0 Å². The first kappa shape index (κ1) is 12.9. The largest absolute Gasteiger partial charge is 0.351 e. The monoisotopic (exact) mass is 278 g/mol. The third kappa shape index (κ3) is 2.92. The van der Waals surface area contributed by atoms with Crippen molar-refractivity contribution in [3.05, 3.63) is 60.7 Å². The summed E-state index contributed by atoms with van der Waals surface area (Å²) in [7, 11) is 0. The van der Waals surface area contributed by atoms with Crippen molar-refractivity contribution < 1.29 is 4.79 Å². The van der Waals surface area contributed by atoms with Crippen molar-refractivity contribution in [2.24, 2.45) is 5.73 Å². The third-order valence-corrected chi connectivity index (χ3v) is 3.11. The first-order chi connectivity index (χ1) is 10.2. The van der Waals surface area contributed by atoms with Crippen molar-refractivity contribution in [1.29, 1.82) is 0 Å². The Labute approximate surface area is 121 Å². The lowest BCUT2D eigenvalue weighted by Crippen LogP contribution is -2.19. The molecule has 2 aromatic carbocycles. The Morgan fingerprint density at radius 2 is 1.71 bits per heavy atom. The molecule has 0 fully saturated rings. The van der Waals surface area contributed by atoms with Crippen LogP contribution in [-0.4, -0.2) is 16.2 Å². The van der Waals surface area contributed by atoms with Crippen molar-refractivity contribution >= 4 is 11.7 Å². The van der Waals surface area contributed by atoms with Crippen LogP contribution in [0.15, 0.2) is 60.7 Å². The number of H-pyrrole nitrogens is 1. The average Bonchev–Trinajstić information content (AvgIpc) is 2.98. The Balaban J connectivity index is 1.85. The van der Waals surface area contributed by atoms with Crippen molar-refractivity contribution in [2.45, 2.75) is 0 Å². The second-order valence-electron chi connectivity index (χ2n) is 4.60. The van der Waals surface area contributed by atoms with Crippen LogP contribution < -0.4 is 11.1 Å². The molecule has 0 saturated carbocycles. The molecule has 5 nitrogen and oxygen atoms in total. The number of rotatable bonds is 3. The zero-order valence-electron chi connectivity index (χ0n) is 11.2. The molecule has 3 aromatic rings. The van der Waals surface area contributed by atoms with Gasteiger partial charge in [0, 0.05) is 11.3 Å². The smallest absolute Gasteiger partial charge is 0.316 e. The van der Waals surface area contributed by atoms with E-state index in [1.165, 1.54) is 0 Å². The van der Waals surface area contributed by atoms with Gasteiger partial charge in [0.2, 0.25) is 0 Å². The molecule has 2 amide bonds. The highest BCUT2D eigenvalue weighted by atomic mass is 16.2. The number of urea groups is 1.